The summed E-state index contributed by atoms with van der Waals surface area (Å²) in [5.74, 6) is -0.927. The molecule has 2 amide bonds. The first kappa shape index (κ1) is 15.5. The summed E-state index contributed by atoms with van der Waals surface area (Å²) in [7, 11) is 0. The Balaban J connectivity index is 1.95. The molecule has 0 aliphatic heterocycles. The largest absolute Gasteiger partial charge is 0.374 e. The van der Waals surface area contributed by atoms with Crippen LogP contribution in [0.15, 0.2) is 48.5 Å². The maximum absolute atomic E-state index is 13.0. The molecule has 0 saturated carbocycles. The molecule has 0 aromatic heterocycles. The first-order valence-corrected chi connectivity index (χ1v) is 6.70. The molecule has 0 unspecified atom stereocenters. The van der Waals surface area contributed by atoms with Gasteiger partial charge in [0.15, 0.2) is 0 Å². The molecule has 0 aliphatic rings. The van der Waals surface area contributed by atoms with Crippen LogP contribution in [0.2, 0.25) is 0 Å². The Kier molecular flexibility index (Phi) is 5.08. The molecule has 0 atom stereocenters. The number of rotatable bonds is 5. The smallest absolute Gasteiger partial charge is 0.243 e. The zero-order valence-electron chi connectivity index (χ0n) is 12.0. The Morgan fingerprint density at radius 3 is 2.41 bits per heavy atom. The summed E-state index contributed by atoms with van der Waals surface area (Å²) in [6, 6.07) is 12.7. The quantitative estimate of drug-likeness (QED) is 0.795. The highest BCUT2D eigenvalue weighted by Gasteiger charge is 2.06. The molecule has 2 rings (SSSR count). The molecule has 114 valence electrons. The second-order valence-corrected chi connectivity index (χ2v) is 4.64. The molecule has 0 saturated heterocycles. The van der Waals surface area contributed by atoms with E-state index >= 15 is 0 Å². The topological polar surface area (TPSA) is 70.2 Å². The summed E-state index contributed by atoms with van der Waals surface area (Å²) in [6.45, 7) is 1.40. The van der Waals surface area contributed by atoms with E-state index in [1.54, 1.807) is 30.3 Å². The van der Waals surface area contributed by atoms with Gasteiger partial charge in [0.2, 0.25) is 11.8 Å². The van der Waals surface area contributed by atoms with Crippen LogP contribution < -0.4 is 16.0 Å². The standard InChI is InChI=1S/C16H16FN3O2/c1-11(21)19-15-8-3-2-7-14(15)18-10-16(22)20-13-6-4-5-12(17)9-13/h2-9,18H,10H2,1H3,(H,19,21)(H,20,22). The van der Waals surface area contributed by atoms with Gasteiger partial charge in [0, 0.05) is 12.6 Å². The number of carbonyl (C=O) groups excluding carboxylic acids is 2. The van der Waals surface area contributed by atoms with Crippen molar-refractivity contribution >= 4 is 28.9 Å². The number of anilines is 3. The first-order valence-electron chi connectivity index (χ1n) is 6.70. The SMILES string of the molecule is CC(=O)Nc1ccccc1NCC(=O)Nc1cccc(F)c1. The minimum Gasteiger partial charge on any atom is -0.374 e. The lowest BCUT2D eigenvalue weighted by atomic mass is 10.2. The normalized spacial score (nSPS) is 9.91. The number of hydrogen-bond donors (Lipinski definition) is 3. The van der Waals surface area contributed by atoms with Crippen molar-refractivity contribution in [2.45, 2.75) is 6.92 Å². The van der Waals surface area contributed by atoms with Crippen LogP contribution in [0.5, 0.6) is 0 Å². The van der Waals surface area contributed by atoms with Crippen molar-refractivity contribution in [3.8, 4) is 0 Å². The third-order valence-electron chi connectivity index (χ3n) is 2.79. The van der Waals surface area contributed by atoms with Crippen LogP contribution in [-0.2, 0) is 9.59 Å². The first-order chi connectivity index (χ1) is 10.5. The van der Waals surface area contributed by atoms with Gasteiger partial charge in [-0.2, -0.15) is 0 Å². The van der Waals surface area contributed by atoms with Gasteiger partial charge in [0.1, 0.15) is 5.82 Å². The van der Waals surface area contributed by atoms with Crippen LogP contribution in [0.3, 0.4) is 0 Å². The summed E-state index contributed by atoms with van der Waals surface area (Å²) in [4.78, 5) is 23.0. The zero-order chi connectivity index (χ0) is 15.9. The van der Waals surface area contributed by atoms with E-state index in [9.17, 15) is 14.0 Å². The Labute approximate surface area is 127 Å². The average Bonchev–Trinajstić information content (AvgIpc) is 2.46. The van der Waals surface area contributed by atoms with Crippen molar-refractivity contribution in [1.29, 1.82) is 0 Å². The molecule has 0 fully saturated rings. The molecule has 2 aromatic rings. The highest BCUT2D eigenvalue weighted by molar-refractivity contribution is 5.96. The molecule has 2 aromatic carbocycles. The van der Waals surface area contributed by atoms with Gasteiger partial charge in [-0.15, -0.1) is 0 Å². The fraction of sp³-hybridized carbons (Fsp3) is 0.125. The number of para-hydroxylation sites is 2. The minimum atomic E-state index is -0.415. The van der Waals surface area contributed by atoms with Crippen LogP contribution in [0.1, 0.15) is 6.92 Å². The number of benzene rings is 2. The lowest BCUT2D eigenvalue weighted by Gasteiger charge is -2.12. The Morgan fingerprint density at radius 2 is 1.73 bits per heavy atom. The van der Waals surface area contributed by atoms with Crippen molar-refractivity contribution in [3.63, 3.8) is 0 Å². The summed E-state index contributed by atoms with van der Waals surface area (Å²) in [5, 5.41) is 8.19. The van der Waals surface area contributed by atoms with Crippen molar-refractivity contribution in [2.75, 3.05) is 22.5 Å². The van der Waals surface area contributed by atoms with E-state index in [0.717, 1.165) is 0 Å². The van der Waals surface area contributed by atoms with Crippen molar-refractivity contribution in [2.24, 2.45) is 0 Å². The Bertz CT molecular complexity index is 689. The van der Waals surface area contributed by atoms with Crippen molar-refractivity contribution in [1.82, 2.24) is 0 Å². The van der Waals surface area contributed by atoms with Gasteiger partial charge in [-0.1, -0.05) is 18.2 Å². The number of halogens is 1. The van der Waals surface area contributed by atoms with Gasteiger partial charge in [-0.05, 0) is 30.3 Å². The van der Waals surface area contributed by atoms with E-state index in [4.69, 9.17) is 0 Å². The van der Waals surface area contributed by atoms with Gasteiger partial charge >= 0.3 is 0 Å². The summed E-state index contributed by atoms with van der Waals surface area (Å²) in [5.41, 5.74) is 1.61. The van der Waals surface area contributed by atoms with E-state index in [1.165, 1.54) is 25.1 Å². The summed E-state index contributed by atoms with van der Waals surface area (Å²) >= 11 is 0. The van der Waals surface area contributed by atoms with Gasteiger partial charge in [-0.3, -0.25) is 9.59 Å². The lowest BCUT2D eigenvalue weighted by molar-refractivity contribution is -0.115. The van der Waals surface area contributed by atoms with Gasteiger partial charge in [0.05, 0.1) is 17.9 Å². The summed E-state index contributed by atoms with van der Waals surface area (Å²) in [6.07, 6.45) is 0. The molecule has 3 N–H and O–H groups in total. The van der Waals surface area contributed by atoms with Crippen LogP contribution in [0.4, 0.5) is 21.5 Å². The highest BCUT2D eigenvalue weighted by atomic mass is 19.1. The van der Waals surface area contributed by atoms with E-state index in [1.807, 2.05) is 0 Å². The number of amides is 2. The molecule has 5 nitrogen and oxygen atoms in total. The molecule has 0 radical (unpaired) electrons. The molecular weight excluding hydrogens is 285 g/mol. The van der Waals surface area contributed by atoms with Crippen molar-refractivity contribution in [3.05, 3.63) is 54.3 Å². The molecule has 6 heteroatoms. The van der Waals surface area contributed by atoms with E-state index in [2.05, 4.69) is 16.0 Å². The fourth-order valence-corrected chi connectivity index (χ4v) is 1.88. The highest BCUT2D eigenvalue weighted by Crippen LogP contribution is 2.20. The zero-order valence-corrected chi connectivity index (χ0v) is 12.0. The lowest BCUT2D eigenvalue weighted by Crippen LogP contribution is -2.22. The molecule has 0 aliphatic carbocycles. The van der Waals surface area contributed by atoms with Crippen LogP contribution in [-0.4, -0.2) is 18.4 Å². The maximum atomic E-state index is 13.0. The average molecular weight is 301 g/mol. The van der Waals surface area contributed by atoms with Crippen LogP contribution in [0, 0.1) is 5.82 Å². The van der Waals surface area contributed by atoms with E-state index < -0.39 is 5.82 Å². The fourth-order valence-electron chi connectivity index (χ4n) is 1.88. The number of carbonyl (C=O) groups is 2. The van der Waals surface area contributed by atoms with Gasteiger partial charge in [0.25, 0.3) is 0 Å². The van der Waals surface area contributed by atoms with E-state index in [-0.39, 0.29) is 18.4 Å². The summed E-state index contributed by atoms with van der Waals surface area (Å²) < 4.78 is 13.0. The van der Waals surface area contributed by atoms with Crippen molar-refractivity contribution < 1.29 is 14.0 Å². The van der Waals surface area contributed by atoms with Gasteiger partial charge in [-0.25, -0.2) is 4.39 Å². The minimum absolute atomic E-state index is 0.00683. The third kappa shape index (κ3) is 4.59. The Morgan fingerprint density at radius 1 is 1.00 bits per heavy atom. The Hall–Kier alpha value is -2.89. The van der Waals surface area contributed by atoms with Crippen LogP contribution >= 0.6 is 0 Å². The third-order valence-corrected chi connectivity index (χ3v) is 2.79. The molecule has 0 bridgehead atoms. The van der Waals surface area contributed by atoms with Gasteiger partial charge < -0.3 is 16.0 Å². The predicted molar refractivity (Wildman–Crippen MR) is 84.3 cm³/mol. The van der Waals surface area contributed by atoms with Crippen LogP contribution in [0.25, 0.3) is 0 Å². The number of nitrogens with one attached hydrogen (secondary N) is 3. The second kappa shape index (κ2) is 7.21. The second-order valence-electron chi connectivity index (χ2n) is 4.64. The molecular formula is C16H16FN3O2. The molecule has 22 heavy (non-hydrogen) atoms. The monoisotopic (exact) mass is 301 g/mol. The predicted octanol–water partition coefficient (Wildman–Crippen LogP) is 2.83. The molecule has 0 spiro atoms. The van der Waals surface area contributed by atoms with E-state index in [0.29, 0.717) is 17.1 Å². The molecule has 0 heterocycles. The maximum Gasteiger partial charge on any atom is 0.243 e. The number of hydrogen-bond acceptors (Lipinski definition) is 3.